The van der Waals surface area contributed by atoms with Crippen molar-refractivity contribution in [3.05, 3.63) is 65.7 Å². The summed E-state index contributed by atoms with van der Waals surface area (Å²) in [6, 6.07) is 15.3. The van der Waals surface area contributed by atoms with Gasteiger partial charge in [-0.1, -0.05) is 36.4 Å². The molecule has 0 aliphatic heterocycles. The van der Waals surface area contributed by atoms with Gasteiger partial charge in [0.2, 0.25) is 10.0 Å². The lowest BCUT2D eigenvalue weighted by Gasteiger charge is -2.11. The van der Waals surface area contributed by atoms with Crippen LogP contribution in [0.1, 0.15) is 29.8 Å². The second kappa shape index (κ2) is 7.39. The molecule has 0 bridgehead atoms. The van der Waals surface area contributed by atoms with Crippen LogP contribution in [0.5, 0.6) is 0 Å². The summed E-state index contributed by atoms with van der Waals surface area (Å²) in [7, 11) is -3.61. The average Bonchev–Trinajstić information content (AvgIpc) is 2.52. The molecule has 0 aliphatic carbocycles. The summed E-state index contributed by atoms with van der Waals surface area (Å²) in [5, 5.41) is 2.78. The molecule has 23 heavy (non-hydrogen) atoms. The van der Waals surface area contributed by atoms with Gasteiger partial charge in [0.1, 0.15) is 0 Å². The van der Waals surface area contributed by atoms with E-state index in [-0.39, 0.29) is 16.8 Å². The van der Waals surface area contributed by atoms with Gasteiger partial charge in [0.05, 0.1) is 4.90 Å². The van der Waals surface area contributed by atoms with Crippen LogP contribution >= 0.6 is 0 Å². The summed E-state index contributed by atoms with van der Waals surface area (Å²) in [6.07, 6.45) is 0. The first-order chi connectivity index (χ1) is 10.9. The highest BCUT2D eigenvalue weighted by Gasteiger charge is 2.17. The first-order valence-corrected chi connectivity index (χ1v) is 8.81. The van der Waals surface area contributed by atoms with Crippen LogP contribution in [0.15, 0.2) is 59.5 Å². The lowest BCUT2D eigenvalue weighted by Crippen LogP contribution is -2.30. The number of benzene rings is 2. The lowest BCUT2D eigenvalue weighted by molar-refractivity contribution is 0.0950. The molecule has 0 fully saturated rings. The molecule has 5 nitrogen and oxygen atoms in total. The Kier molecular flexibility index (Phi) is 5.52. The minimum atomic E-state index is -3.61. The zero-order valence-corrected chi connectivity index (χ0v) is 13.9. The molecule has 2 aromatic rings. The van der Waals surface area contributed by atoms with Gasteiger partial charge in [-0.05, 0) is 37.6 Å². The van der Waals surface area contributed by atoms with Crippen LogP contribution < -0.4 is 10.0 Å². The Morgan fingerprint density at radius 1 is 1.04 bits per heavy atom. The Labute approximate surface area is 136 Å². The second-order valence-corrected chi connectivity index (χ2v) is 7.19. The monoisotopic (exact) mass is 332 g/mol. The molecular formula is C17H20N2O3S. The van der Waals surface area contributed by atoms with Crippen LogP contribution in [0.3, 0.4) is 0 Å². The Morgan fingerprint density at radius 2 is 1.74 bits per heavy atom. The van der Waals surface area contributed by atoms with E-state index in [1.807, 2.05) is 30.3 Å². The van der Waals surface area contributed by atoms with E-state index in [4.69, 9.17) is 0 Å². The van der Waals surface area contributed by atoms with E-state index in [1.54, 1.807) is 26.0 Å². The maximum atomic E-state index is 12.2. The second-order valence-electron chi connectivity index (χ2n) is 5.47. The summed E-state index contributed by atoms with van der Waals surface area (Å²) in [6.45, 7) is 3.88. The van der Waals surface area contributed by atoms with Crippen LogP contribution in [0, 0.1) is 0 Å². The van der Waals surface area contributed by atoms with E-state index in [0.717, 1.165) is 5.56 Å². The number of amides is 1. The average molecular weight is 332 g/mol. The van der Waals surface area contributed by atoms with Crippen LogP contribution in [-0.2, 0) is 16.6 Å². The normalized spacial score (nSPS) is 11.4. The molecule has 0 unspecified atom stereocenters. The fraction of sp³-hybridized carbons (Fsp3) is 0.235. The van der Waals surface area contributed by atoms with Crippen molar-refractivity contribution in [3.63, 3.8) is 0 Å². The Balaban J connectivity index is 2.11. The smallest absolute Gasteiger partial charge is 0.251 e. The number of hydrogen-bond donors (Lipinski definition) is 2. The van der Waals surface area contributed by atoms with Crippen molar-refractivity contribution in [1.29, 1.82) is 0 Å². The van der Waals surface area contributed by atoms with Gasteiger partial charge in [0.15, 0.2) is 0 Å². The predicted molar refractivity (Wildman–Crippen MR) is 89.5 cm³/mol. The van der Waals surface area contributed by atoms with Gasteiger partial charge in [-0.2, -0.15) is 0 Å². The first kappa shape index (κ1) is 17.2. The third kappa shape index (κ3) is 4.91. The first-order valence-electron chi connectivity index (χ1n) is 7.33. The Hall–Kier alpha value is -2.18. The van der Waals surface area contributed by atoms with E-state index in [0.29, 0.717) is 12.1 Å². The van der Waals surface area contributed by atoms with E-state index in [9.17, 15) is 13.2 Å². The maximum absolute atomic E-state index is 12.2. The van der Waals surface area contributed by atoms with Gasteiger partial charge in [-0.25, -0.2) is 13.1 Å². The van der Waals surface area contributed by atoms with Crippen molar-refractivity contribution in [2.75, 3.05) is 0 Å². The van der Waals surface area contributed by atoms with E-state index < -0.39 is 10.0 Å². The summed E-state index contributed by atoms with van der Waals surface area (Å²) in [5.74, 6) is -0.310. The molecule has 0 saturated heterocycles. The highest BCUT2D eigenvalue weighted by Crippen LogP contribution is 2.12. The molecule has 0 saturated carbocycles. The third-order valence-corrected chi connectivity index (χ3v) is 4.75. The van der Waals surface area contributed by atoms with Gasteiger partial charge >= 0.3 is 0 Å². The van der Waals surface area contributed by atoms with Crippen LogP contribution in [-0.4, -0.2) is 20.4 Å². The number of sulfonamides is 1. The lowest BCUT2D eigenvalue weighted by atomic mass is 10.2. The Morgan fingerprint density at radius 3 is 2.39 bits per heavy atom. The molecule has 0 spiro atoms. The molecular weight excluding hydrogens is 312 g/mol. The number of hydrogen-bond acceptors (Lipinski definition) is 3. The molecule has 0 heterocycles. The molecule has 0 aromatic heterocycles. The molecule has 2 rings (SSSR count). The molecule has 6 heteroatoms. The molecule has 0 atom stereocenters. The van der Waals surface area contributed by atoms with E-state index >= 15 is 0 Å². The highest BCUT2D eigenvalue weighted by atomic mass is 32.2. The largest absolute Gasteiger partial charge is 0.348 e. The van der Waals surface area contributed by atoms with Crippen molar-refractivity contribution in [2.24, 2.45) is 0 Å². The fourth-order valence-corrected chi connectivity index (χ4v) is 3.36. The summed E-state index contributed by atoms with van der Waals surface area (Å²) in [5.41, 5.74) is 1.29. The van der Waals surface area contributed by atoms with Gasteiger partial charge in [0, 0.05) is 18.2 Å². The van der Waals surface area contributed by atoms with Crippen molar-refractivity contribution in [1.82, 2.24) is 10.0 Å². The van der Waals surface area contributed by atoms with Gasteiger partial charge in [-0.3, -0.25) is 4.79 Å². The molecule has 2 aromatic carbocycles. The summed E-state index contributed by atoms with van der Waals surface area (Å²) < 4.78 is 26.8. The highest BCUT2D eigenvalue weighted by molar-refractivity contribution is 7.89. The van der Waals surface area contributed by atoms with Crippen molar-refractivity contribution < 1.29 is 13.2 Å². The summed E-state index contributed by atoms with van der Waals surface area (Å²) >= 11 is 0. The van der Waals surface area contributed by atoms with E-state index in [2.05, 4.69) is 10.0 Å². The summed E-state index contributed by atoms with van der Waals surface area (Å²) in [4.78, 5) is 12.3. The minimum absolute atomic E-state index is 0.0820. The predicted octanol–water partition coefficient (Wildman–Crippen LogP) is 2.30. The van der Waals surface area contributed by atoms with Gasteiger partial charge < -0.3 is 5.32 Å². The van der Waals surface area contributed by atoms with E-state index in [1.165, 1.54) is 12.1 Å². The van der Waals surface area contributed by atoms with Crippen LogP contribution in [0.4, 0.5) is 0 Å². The van der Waals surface area contributed by atoms with Gasteiger partial charge in [-0.15, -0.1) is 0 Å². The molecule has 0 aliphatic rings. The molecule has 0 radical (unpaired) electrons. The minimum Gasteiger partial charge on any atom is -0.348 e. The molecule has 1 amide bonds. The zero-order chi connectivity index (χ0) is 16.9. The van der Waals surface area contributed by atoms with Gasteiger partial charge in [0.25, 0.3) is 5.91 Å². The SMILES string of the molecule is CC(C)NS(=O)(=O)c1cccc(C(=O)NCc2ccccc2)c1. The Bertz CT molecular complexity index is 771. The fourth-order valence-electron chi connectivity index (χ4n) is 2.06. The number of nitrogens with one attached hydrogen (secondary N) is 2. The van der Waals surface area contributed by atoms with Crippen LogP contribution in [0.2, 0.25) is 0 Å². The molecule has 122 valence electrons. The van der Waals surface area contributed by atoms with Crippen molar-refractivity contribution in [2.45, 2.75) is 31.3 Å². The number of rotatable bonds is 6. The van der Waals surface area contributed by atoms with Crippen molar-refractivity contribution in [3.8, 4) is 0 Å². The zero-order valence-electron chi connectivity index (χ0n) is 13.1. The topological polar surface area (TPSA) is 75.3 Å². The molecule has 2 N–H and O–H groups in total. The number of carbonyl (C=O) groups excluding carboxylic acids is 1. The van der Waals surface area contributed by atoms with Crippen molar-refractivity contribution >= 4 is 15.9 Å². The van der Waals surface area contributed by atoms with Crippen LogP contribution in [0.25, 0.3) is 0 Å². The maximum Gasteiger partial charge on any atom is 0.251 e. The number of carbonyl (C=O) groups is 1. The third-order valence-electron chi connectivity index (χ3n) is 3.09. The standard InChI is InChI=1S/C17H20N2O3S/c1-13(2)19-23(21,22)16-10-6-9-15(11-16)17(20)18-12-14-7-4-3-5-8-14/h3-11,13,19H,12H2,1-2H3,(H,18,20). The quantitative estimate of drug-likeness (QED) is 0.852.